The number of carbonyl (C=O) groups excluding carboxylic acids is 1. The Morgan fingerprint density at radius 3 is 2.55 bits per heavy atom. The van der Waals surface area contributed by atoms with E-state index in [4.69, 9.17) is 5.26 Å². The smallest absolute Gasteiger partial charge is 0.334 e. The van der Waals surface area contributed by atoms with Crippen molar-refractivity contribution >= 4 is 5.91 Å². The van der Waals surface area contributed by atoms with Crippen LogP contribution in [0.4, 0.5) is 13.2 Å². The monoisotopic (exact) mass is 280 g/mol. The molecule has 3 rings (SSSR count). The molecule has 1 aromatic rings. The normalized spacial score (nSPS) is 27.9. The first-order valence-electron chi connectivity index (χ1n) is 6.23. The number of amides is 1. The van der Waals surface area contributed by atoms with Crippen LogP contribution in [0.1, 0.15) is 17.5 Å². The van der Waals surface area contributed by atoms with Gasteiger partial charge in [0.2, 0.25) is 0 Å². The number of likely N-dealkylation sites (tertiary alicyclic amines) is 1. The lowest BCUT2D eigenvalue weighted by atomic mass is 9.94. The van der Waals surface area contributed by atoms with Crippen LogP contribution in [0.3, 0.4) is 0 Å². The second kappa shape index (κ2) is 3.98. The number of carbonyl (C=O) groups is 1. The van der Waals surface area contributed by atoms with Gasteiger partial charge in [-0.05, 0) is 30.0 Å². The minimum atomic E-state index is -4.80. The Balaban J connectivity index is 1.80. The van der Waals surface area contributed by atoms with Crippen molar-refractivity contribution < 1.29 is 18.0 Å². The first-order valence-corrected chi connectivity index (χ1v) is 6.23. The van der Waals surface area contributed by atoms with Gasteiger partial charge in [-0.15, -0.1) is 0 Å². The molecule has 1 amide bonds. The van der Waals surface area contributed by atoms with Gasteiger partial charge in [0.05, 0.1) is 11.6 Å². The minimum absolute atomic E-state index is 0.0988. The Bertz CT molecular complexity index is 602. The topological polar surface area (TPSA) is 44.1 Å². The SMILES string of the molecule is N#Cc1ccc([C@@]23CC2CN(C(=O)C(F)(F)F)C3)cc1. The second-order valence-corrected chi connectivity index (χ2v) is 5.43. The predicted octanol–water partition coefficient (Wildman–Crippen LogP) is 2.22. The lowest BCUT2D eigenvalue weighted by Crippen LogP contribution is -2.41. The van der Waals surface area contributed by atoms with Crippen molar-refractivity contribution in [1.29, 1.82) is 5.26 Å². The number of nitrogens with zero attached hydrogens (tertiary/aromatic N) is 2. The number of fused-ring (bicyclic) bond motifs is 1. The van der Waals surface area contributed by atoms with E-state index in [1.54, 1.807) is 24.3 Å². The molecular formula is C14H11F3N2O. The molecule has 0 bridgehead atoms. The highest BCUT2D eigenvalue weighted by Crippen LogP contribution is 2.59. The molecule has 1 unspecified atom stereocenters. The van der Waals surface area contributed by atoms with Crippen molar-refractivity contribution in [2.24, 2.45) is 5.92 Å². The van der Waals surface area contributed by atoms with Crippen LogP contribution in [0.2, 0.25) is 0 Å². The predicted molar refractivity (Wildman–Crippen MR) is 63.6 cm³/mol. The Morgan fingerprint density at radius 1 is 1.35 bits per heavy atom. The number of hydrogen-bond donors (Lipinski definition) is 0. The average molecular weight is 280 g/mol. The molecule has 20 heavy (non-hydrogen) atoms. The van der Waals surface area contributed by atoms with E-state index in [2.05, 4.69) is 0 Å². The largest absolute Gasteiger partial charge is 0.471 e. The molecule has 1 saturated carbocycles. The molecule has 6 heteroatoms. The third-order valence-corrected chi connectivity index (χ3v) is 4.26. The number of piperidine rings is 1. The summed E-state index contributed by atoms with van der Waals surface area (Å²) in [7, 11) is 0. The average Bonchev–Trinajstić information content (AvgIpc) is 2.99. The Morgan fingerprint density at radius 2 is 2.00 bits per heavy atom. The Kier molecular flexibility index (Phi) is 2.58. The quantitative estimate of drug-likeness (QED) is 0.791. The van der Waals surface area contributed by atoms with Crippen LogP contribution in [-0.2, 0) is 10.2 Å². The van der Waals surface area contributed by atoms with E-state index in [1.165, 1.54) is 0 Å². The van der Waals surface area contributed by atoms with Crippen molar-refractivity contribution in [3.63, 3.8) is 0 Å². The molecule has 0 aromatic heterocycles. The molecule has 2 aliphatic rings. The van der Waals surface area contributed by atoms with Crippen molar-refractivity contribution in [3.8, 4) is 6.07 Å². The minimum Gasteiger partial charge on any atom is -0.334 e. The Labute approximate surface area is 113 Å². The van der Waals surface area contributed by atoms with Crippen LogP contribution in [-0.4, -0.2) is 30.1 Å². The van der Waals surface area contributed by atoms with Crippen molar-refractivity contribution in [1.82, 2.24) is 4.90 Å². The summed E-state index contributed by atoms with van der Waals surface area (Å²) in [4.78, 5) is 12.2. The van der Waals surface area contributed by atoms with Crippen molar-refractivity contribution in [2.75, 3.05) is 13.1 Å². The van der Waals surface area contributed by atoms with Gasteiger partial charge in [-0.3, -0.25) is 4.79 Å². The summed E-state index contributed by atoms with van der Waals surface area (Å²) in [5, 5.41) is 8.74. The summed E-state index contributed by atoms with van der Waals surface area (Å²) in [5.74, 6) is -1.65. The molecule has 2 fully saturated rings. The summed E-state index contributed by atoms with van der Waals surface area (Å²) in [6, 6.07) is 8.88. The standard InChI is InChI=1S/C14H11F3N2O/c15-14(16,17)12(20)19-7-11-5-13(11,8-19)10-3-1-9(6-18)2-4-10/h1-4,11H,5,7-8H2/t11?,13-/m0/s1. The van der Waals surface area contributed by atoms with Crippen LogP contribution in [0, 0.1) is 17.2 Å². The zero-order valence-corrected chi connectivity index (χ0v) is 10.4. The fraction of sp³-hybridized carbons (Fsp3) is 0.429. The summed E-state index contributed by atoms with van der Waals surface area (Å²) in [6.07, 6.45) is -4.00. The van der Waals surface area contributed by atoms with E-state index < -0.39 is 12.1 Å². The van der Waals surface area contributed by atoms with Gasteiger partial charge in [0.1, 0.15) is 0 Å². The number of hydrogen-bond acceptors (Lipinski definition) is 2. The number of nitriles is 1. The molecule has 3 nitrogen and oxygen atoms in total. The molecule has 0 spiro atoms. The molecule has 1 saturated heterocycles. The van der Waals surface area contributed by atoms with Crippen LogP contribution in [0.25, 0.3) is 0 Å². The van der Waals surface area contributed by atoms with Crippen LogP contribution in [0.5, 0.6) is 0 Å². The van der Waals surface area contributed by atoms with Gasteiger partial charge >= 0.3 is 12.1 Å². The van der Waals surface area contributed by atoms with E-state index in [0.29, 0.717) is 5.56 Å². The highest BCUT2D eigenvalue weighted by molar-refractivity contribution is 5.82. The lowest BCUT2D eigenvalue weighted by Gasteiger charge is -2.22. The zero-order valence-electron chi connectivity index (χ0n) is 10.4. The maximum atomic E-state index is 12.4. The van der Waals surface area contributed by atoms with E-state index in [9.17, 15) is 18.0 Å². The first kappa shape index (κ1) is 13.0. The van der Waals surface area contributed by atoms with Crippen molar-refractivity contribution in [3.05, 3.63) is 35.4 Å². The second-order valence-electron chi connectivity index (χ2n) is 5.43. The maximum absolute atomic E-state index is 12.4. The zero-order chi connectivity index (χ0) is 14.5. The van der Waals surface area contributed by atoms with Gasteiger partial charge in [-0.2, -0.15) is 18.4 Å². The first-order chi connectivity index (χ1) is 9.37. The summed E-state index contributed by atoms with van der Waals surface area (Å²) in [6.45, 7) is 0.278. The van der Waals surface area contributed by atoms with Gasteiger partial charge in [0, 0.05) is 18.5 Å². The fourth-order valence-corrected chi connectivity index (χ4v) is 3.14. The molecule has 1 aliphatic carbocycles. The molecule has 104 valence electrons. The van der Waals surface area contributed by atoms with Gasteiger partial charge in [-0.25, -0.2) is 0 Å². The third-order valence-electron chi connectivity index (χ3n) is 4.26. The number of alkyl halides is 3. The summed E-state index contributed by atoms with van der Waals surface area (Å²) < 4.78 is 37.3. The molecule has 1 aliphatic heterocycles. The third kappa shape index (κ3) is 1.85. The molecule has 0 radical (unpaired) electrons. The maximum Gasteiger partial charge on any atom is 0.471 e. The number of benzene rings is 1. The van der Waals surface area contributed by atoms with Crippen LogP contribution in [0.15, 0.2) is 24.3 Å². The van der Waals surface area contributed by atoms with E-state index >= 15 is 0 Å². The van der Waals surface area contributed by atoms with Crippen LogP contribution >= 0.6 is 0 Å². The van der Waals surface area contributed by atoms with Gasteiger partial charge < -0.3 is 4.90 Å². The molecule has 0 N–H and O–H groups in total. The molecule has 2 atom stereocenters. The number of halogens is 3. The fourth-order valence-electron chi connectivity index (χ4n) is 3.14. The molecule has 1 heterocycles. The highest BCUT2D eigenvalue weighted by atomic mass is 19.4. The summed E-state index contributed by atoms with van der Waals surface area (Å²) >= 11 is 0. The molecule has 1 aromatic carbocycles. The van der Waals surface area contributed by atoms with Gasteiger partial charge in [-0.1, -0.05) is 12.1 Å². The molecular weight excluding hydrogens is 269 g/mol. The lowest BCUT2D eigenvalue weighted by molar-refractivity contribution is -0.184. The van der Waals surface area contributed by atoms with E-state index in [1.807, 2.05) is 6.07 Å². The highest BCUT2D eigenvalue weighted by Gasteiger charge is 2.63. The summed E-state index contributed by atoms with van der Waals surface area (Å²) in [5.41, 5.74) is 1.09. The van der Waals surface area contributed by atoms with Gasteiger partial charge in [0.15, 0.2) is 0 Å². The van der Waals surface area contributed by atoms with Crippen molar-refractivity contribution in [2.45, 2.75) is 18.0 Å². The van der Waals surface area contributed by atoms with Crippen LogP contribution < -0.4 is 0 Å². The number of rotatable bonds is 1. The Hall–Kier alpha value is -2.03. The van der Waals surface area contributed by atoms with E-state index in [0.717, 1.165) is 16.9 Å². The van der Waals surface area contributed by atoms with Gasteiger partial charge in [0.25, 0.3) is 0 Å². The van der Waals surface area contributed by atoms with E-state index in [-0.39, 0.29) is 24.4 Å².